The monoisotopic (exact) mass is 417 g/mol. The van der Waals surface area contributed by atoms with Gasteiger partial charge in [-0.15, -0.1) is 0 Å². The number of carboxylic acid groups (broad SMARTS) is 1. The minimum absolute atomic E-state index is 0.0224. The fourth-order valence-corrected chi connectivity index (χ4v) is 2.62. The van der Waals surface area contributed by atoms with Crippen LogP contribution in [0.15, 0.2) is 24.3 Å². The molecule has 0 aliphatic heterocycles. The van der Waals surface area contributed by atoms with Crippen LogP contribution in [0.25, 0.3) is 0 Å². The zero-order valence-electron chi connectivity index (χ0n) is 16.7. The number of carbonyl (C=O) groups excluding carboxylic acids is 2. The van der Waals surface area contributed by atoms with Crippen LogP contribution in [0.3, 0.4) is 0 Å². The Morgan fingerprint density at radius 2 is 1.62 bits per heavy atom. The lowest BCUT2D eigenvalue weighted by atomic mass is 10.0. The van der Waals surface area contributed by atoms with Crippen molar-refractivity contribution < 1.29 is 32.7 Å². The van der Waals surface area contributed by atoms with Crippen LogP contribution in [-0.4, -0.2) is 46.5 Å². The largest absolute Gasteiger partial charge is 0.480 e. The average molecular weight is 417 g/mol. The molecule has 3 N–H and O–H groups in total. The normalized spacial score (nSPS) is 12.6. The summed E-state index contributed by atoms with van der Waals surface area (Å²) < 4.78 is 37.8. The maximum atomic E-state index is 12.8. The highest BCUT2D eigenvalue weighted by molar-refractivity contribution is 5.94. The van der Waals surface area contributed by atoms with Gasteiger partial charge in [-0.2, -0.15) is 13.2 Å². The maximum Gasteiger partial charge on any atom is 0.416 e. The van der Waals surface area contributed by atoms with E-state index in [1.54, 1.807) is 13.8 Å². The number of anilines is 1. The van der Waals surface area contributed by atoms with Crippen LogP contribution in [0.2, 0.25) is 0 Å². The molecule has 0 heterocycles. The maximum absolute atomic E-state index is 12.8. The van der Waals surface area contributed by atoms with E-state index in [0.717, 1.165) is 29.2 Å². The third-order valence-corrected chi connectivity index (χ3v) is 3.99. The zero-order chi connectivity index (χ0) is 22.4. The molecule has 29 heavy (non-hydrogen) atoms. The second-order valence-electron chi connectivity index (χ2n) is 7.31. The third-order valence-electron chi connectivity index (χ3n) is 3.99. The van der Waals surface area contributed by atoms with Crippen LogP contribution in [-0.2, 0) is 15.8 Å². The molecule has 0 radical (unpaired) electrons. The Hall–Kier alpha value is -2.78. The predicted molar refractivity (Wildman–Crippen MR) is 101 cm³/mol. The molecule has 3 amide bonds. The number of hydrogen-bond donors (Lipinski definition) is 3. The molecule has 0 aliphatic carbocycles. The minimum atomic E-state index is -4.49. The molecule has 1 aromatic rings. The molecule has 1 atom stereocenters. The van der Waals surface area contributed by atoms with E-state index in [9.17, 15) is 27.6 Å². The molecule has 1 rings (SSSR count). The fourth-order valence-electron chi connectivity index (χ4n) is 2.62. The number of amides is 3. The number of urea groups is 1. The standard InChI is InChI=1S/C19H26F3N3O4/c1-11(2)9-15(17(28)25(12(3)4)10-16(26)27)24-18(29)23-14-7-5-13(6-8-14)19(20,21)22/h5-8,11-12,15H,9-10H2,1-4H3,(H,26,27)(H2,23,24,29)/t15-/m0/s1. The van der Waals surface area contributed by atoms with Gasteiger partial charge >= 0.3 is 18.2 Å². The summed E-state index contributed by atoms with van der Waals surface area (Å²) in [7, 11) is 0. The second kappa shape index (κ2) is 10.1. The minimum Gasteiger partial charge on any atom is -0.480 e. The van der Waals surface area contributed by atoms with Crippen molar-refractivity contribution in [1.82, 2.24) is 10.2 Å². The summed E-state index contributed by atoms with van der Waals surface area (Å²) >= 11 is 0. The van der Waals surface area contributed by atoms with Gasteiger partial charge in [-0.1, -0.05) is 13.8 Å². The number of aliphatic carboxylic acids is 1. The van der Waals surface area contributed by atoms with Crippen LogP contribution in [0, 0.1) is 5.92 Å². The number of hydrogen-bond acceptors (Lipinski definition) is 3. The Kier molecular flexibility index (Phi) is 8.47. The van der Waals surface area contributed by atoms with E-state index in [-0.39, 0.29) is 18.0 Å². The van der Waals surface area contributed by atoms with E-state index in [0.29, 0.717) is 0 Å². The highest BCUT2D eigenvalue weighted by Crippen LogP contribution is 2.29. The van der Waals surface area contributed by atoms with Crippen LogP contribution in [0.5, 0.6) is 0 Å². The first-order valence-electron chi connectivity index (χ1n) is 9.08. The van der Waals surface area contributed by atoms with E-state index >= 15 is 0 Å². The van der Waals surface area contributed by atoms with Crippen molar-refractivity contribution in [2.24, 2.45) is 5.92 Å². The lowest BCUT2D eigenvalue weighted by Gasteiger charge is -2.30. The molecule has 7 nitrogen and oxygen atoms in total. The Balaban J connectivity index is 2.90. The molecule has 10 heteroatoms. The summed E-state index contributed by atoms with van der Waals surface area (Å²) in [6, 6.07) is 1.72. The van der Waals surface area contributed by atoms with E-state index < -0.39 is 48.3 Å². The molecular formula is C19H26F3N3O4. The van der Waals surface area contributed by atoms with Gasteiger partial charge in [-0.25, -0.2) is 4.79 Å². The Bertz CT molecular complexity index is 718. The van der Waals surface area contributed by atoms with Gasteiger partial charge in [0.1, 0.15) is 12.6 Å². The summed E-state index contributed by atoms with van der Waals surface area (Å²) in [6.07, 6.45) is -4.22. The summed E-state index contributed by atoms with van der Waals surface area (Å²) in [5, 5.41) is 13.9. The number of nitrogens with zero attached hydrogens (tertiary/aromatic N) is 1. The first kappa shape index (κ1) is 24.3. The topological polar surface area (TPSA) is 98.7 Å². The van der Waals surface area contributed by atoms with Gasteiger partial charge in [-0.05, 0) is 50.5 Å². The smallest absolute Gasteiger partial charge is 0.416 e. The molecule has 0 saturated carbocycles. The van der Waals surface area contributed by atoms with Crippen LogP contribution >= 0.6 is 0 Å². The van der Waals surface area contributed by atoms with Crippen molar-refractivity contribution in [3.8, 4) is 0 Å². The molecular weight excluding hydrogens is 391 g/mol. The Morgan fingerprint density at radius 1 is 1.07 bits per heavy atom. The van der Waals surface area contributed by atoms with Gasteiger partial charge in [0.2, 0.25) is 5.91 Å². The highest BCUT2D eigenvalue weighted by Gasteiger charge is 2.31. The molecule has 0 spiro atoms. The van der Waals surface area contributed by atoms with Gasteiger partial charge in [0, 0.05) is 11.7 Å². The van der Waals surface area contributed by atoms with Gasteiger partial charge in [0.15, 0.2) is 0 Å². The number of nitrogens with one attached hydrogen (secondary N) is 2. The number of rotatable bonds is 8. The van der Waals surface area contributed by atoms with Gasteiger partial charge in [-0.3, -0.25) is 9.59 Å². The van der Waals surface area contributed by atoms with Crippen LogP contribution in [0.4, 0.5) is 23.7 Å². The van der Waals surface area contributed by atoms with E-state index in [1.807, 2.05) is 13.8 Å². The second-order valence-corrected chi connectivity index (χ2v) is 7.31. The summed E-state index contributed by atoms with van der Waals surface area (Å²) in [4.78, 5) is 37.3. The van der Waals surface area contributed by atoms with Crippen molar-refractivity contribution >= 4 is 23.6 Å². The molecule has 0 fully saturated rings. The molecule has 0 saturated heterocycles. The summed E-state index contributed by atoms with van der Waals surface area (Å²) in [6.45, 7) is 6.50. The molecule has 0 unspecified atom stereocenters. The number of benzene rings is 1. The number of alkyl halides is 3. The molecule has 162 valence electrons. The Morgan fingerprint density at radius 3 is 2.03 bits per heavy atom. The molecule has 0 aromatic heterocycles. The summed E-state index contributed by atoms with van der Waals surface area (Å²) in [5.74, 6) is -1.70. The van der Waals surface area contributed by atoms with Crippen molar-refractivity contribution in [3.63, 3.8) is 0 Å². The SMILES string of the molecule is CC(C)C[C@H](NC(=O)Nc1ccc(C(F)(F)F)cc1)C(=O)N(CC(=O)O)C(C)C. The average Bonchev–Trinajstić information content (AvgIpc) is 2.57. The molecule has 1 aromatic carbocycles. The number of carboxylic acids is 1. The first-order valence-corrected chi connectivity index (χ1v) is 9.08. The quantitative estimate of drug-likeness (QED) is 0.602. The lowest BCUT2D eigenvalue weighted by molar-refractivity contribution is -0.146. The van der Waals surface area contributed by atoms with Crippen molar-refractivity contribution in [3.05, 3.63) is 29.8 Å². The lowest BCUT2D eigenvalue weighted by Crippen LogP contribution is -2.53. The van der Waals surface area contributed by atoms with Gasteiger partial charge < -0.3 is 20.6 Å². The van der Waals surface area contributed by atoms with Gasteiger partial charge in [0.25, 0.3) is 0 Å². The Labute approximate surface area is 167 Å². The van der Waals surface area contributed by atoms with Crippen LogP contribution in [0.1, 0.15) is 39.7 Å². The molecule has 0 bridgehead atoms. The van der Waals surface area contributed by atoms with Crippen molar-refractivity contribution in [2.75, 3.05) is 11.9 Å². The van der Waals surface area contributed by atoms with E-state index in [1.165, 1.54) is 0 Å². The van der Waals surface area contributed by atoms with E-state index in [4.69, 9.17) is 5.11 Å². The predicted octanol–water partition coefficient (Wildman–Crippen LogP) is 3.56. The van der Waals surface area contributed by atoms with Gasteiger partial charge in [0.05, 0.1) is 5.56 Å². The molecule has 0 aliphatic rings. The fraction of sp³-hybridized carbons (Fsp3) is 0.526. The highest BCUT2D eigenvalue weighted by atomic mass is 19.4. The third kappa shape index (κ3) is 8.00. The van der Waals surface area contributed by atoms with Crippen molar-refractivity contribution in [2.45, 2.75) is 52.4 Å². The van der Waals surface area contributed by atoms with E-state index in [2.05, 4.69) is 10.6 Å². The van der Waals surface area contributed by atoms with Crippen LogP contribution < -0.4 is 10.6 Å². The van der Waals surface area contributed by atoms with Crippen molar-refractivity contribution in [1.29, 1.82) is 0 Å². The summed E-state index contributed by atoms with van der Waals surface area (Å²) in [5.41, 5.74) is -0.727. The number of carbonyl (C=O) groups is 3. The first-order chi connectivity index (χ1) is 13.3. The zero-order valence-corrected chi connectivity index (χ0v) is 16.7. The number of halogens is 3.